The molecule has 1 aromatic heterocycles. The molecule has 0 aliphatic carbocycles. The number of hydrogen-bond acceptors (Lipinski definition) is 6. The lowest BCUT2D eigenvalue weighted by Gasteiger charge is -2.34. The average molecular weight is 478 g/mol. The number of piperazine rings is 1. The Morgan fingerprint density at radius 3 is 2.20 bits per heavy atom. The number of carbonyl (C=O) groups is 2. The van der Waals surface area contributed by atoms with E-state index in [1.807, 2.05) is 36.2 Å². The molecule has 0 spiro atoms. The summed E-state index contributed by atoms with van der Waals surface area (Å²) in [5, 5.41) is 13.4. The average Bonchev–Trinajstić information content (AvgIpc) is 2.89. The lowest BCUT2D eigenvalue weighted by atomic mass is 10.1. The molecule has 0 atom stereocenters. The summed E-state index contributed by atoms with van der Waals surface area (Å²) in [6, 6.07) is 13.8. The second-order valence-corrected chi connectivity index (χ2v) is 7.94. The van der Waals surface area contributed by atoms with Crippen molar-refractivity contribution in [2.24, 2.45) is 0 Å². The summed E-state index contributed by atoms with van der Waals surface area (Å²) < 4.78 is 13.5. The molecule has 0 saturated carbocycles. The second kappa shape index (κ2) is 10.2. The zero-order chi connectivity index (χ0) is 24.9. The van der Waals surface area contributed by atoms with E-state index in [0.717, 1.165) is 23.5 Å². The first-order chi connectivity index (χ1) is 16.8. The van der Waals surface area contributed by atoms with Crippen molar-refractivity contribution in [1.82, 2.24) is 14.8 Å². The minimum atomic E-state index is -0.975. The molecule has 4 rings (SSSR count). The first-order valence-electron chi connectivity index (χ1n) is 10.9. The van der Waals surface area contributed by atoms with Crippen LogP contribution in [-0.2, 0) is 0 Å². The number of anilines is 3. The molecule has 0 bridgehead atoms. The van der Waals surface area contributed by atoms with Gasteiger partial charge in [-0.1, -0.05) is 0 Å². The van der Waals surface area contributed by atoms with Gasteiger partial charge in [-0.15, -0.1) is 0 Å². The minimum Gasteiger partial charge on any atom is -0.345 e. The van der Waals surface area contributed by atoms with Crippen molar-refractivity contribution >= 4 is 34.7 Å². The van der Waals surface area contributed by atoms with Gasteiger partial charge >= 0.3 is 11.7 Å². The third-order valence-corrected chi connectivity index (χ3v) is 5.80. The Morgan fingerprint density at radius 2 is 1.57 bits per heavy atom. The molecule has 0 radical (unpaired) electrons. The second-order valence-electron chi connectivity index (χ2n) is 7.94. The topological polar surface area (TPSA) is 112 Å². The Kier molecular flexibility index (Phi) is 6.86. The number of nitro groups is 1. The maximum atomic E-state index is 13.5. The van der Waals surface area contributed by atoms with E-state index in [1.165, 1.54) is 11.0 Å². The van der Waals surface area contributed by atoms with Gasteiger partial charge in [0.2, 0.25) is 5.82 Å². The number of aromatic nitrogens is 1. The highest BCUT2D eigenvalue weighted by Crippen LogP contribution is 2.24. The smallest absolute Gasteiger partial charge is 0.321 e. The highest BCUT2D eigenvalue weighted by molar-refractivity contribution is 5.95. The van der Waals surface area contributed by atoms with Crippen LogP contribution in [0.15, 0.2) is 67.0 Å². The summed E-state index contributed by atoms with van der Waals surface area (Å²) in [5.74, 6) is -1.10. The monoisotopic (exact) mass is 478 g/mol. The number of rotatable bonds is 5. The Hall–Kier alpha value is -4.54. The van der Waals surface area contributed by atoms with Gasteiger partial charge in [0.15, 0.2) is 0 Å². The Bertz CT molecular complexity index is 1230. The molecule has 10 nitrogen and oxygen atoms in total. The Balaban J connectivity index is 1.33. The SMILES string of the molecule is CN(c1ccncc1)c1ccc(C(=O)N2CCN(C(=O)Nc3ccc(F)c([N+](=O)[O-])c3)CC2)cc1. The van der Waals surface area contributed by atoms with Gasteiger partial charge in [-0.05, 0) is 48.5 Å². The zero-order valence-electron chi connectivity index (χ0n) is 18.9. The molecule has 1 saturated heterocycles. The van der Waals surface area contributed by atoms with Crippen molar-refractivity contribution < 1.29 is 18.9 Å². The molecule has 0 unspecified atom stereocenters. The van der Waals surface area contributed by atoms with Crippen LogP contribution in [0.2, 0.25) is 0 Å². The molecule has 1 N–H and O–H groups in total. The van der Waals surface area contributed by atoms with Crippen LogP contribution in [-0.4, -0.2) is 64.9 Å². The lowest BCUT2D eigenvalue weighted by Crippen LogP contribution is -2.51. The number of amides is 3. The van der Waals surface area contributed by atoms with E-state index in [1.54, 1.807) is 29.4 Å². The fraction of sp³-hybridized carbons (Fsp3) is 0.208. The summed E-state index contributed by atoms with van der Waals surface area (Å²) in [7, 11) is 1.93. The van der Waals surface area contributed by atoms with E-state index in [-0.39, 0.29) is 11.6 Å². The van der Waals surface area contributed by atoms with Crippen molar-refractivity contribution in [2.45, 2.75) is 0 Å². The zero-order valence-corrected chi connectivity index (χ0v) is 18.9. The summed E-state index contributed by atoms with van der Waals surface area (Å²) in [4.78, 5) is 44.7. The number of nitrogens with zero attached hydrogens (tertiary/aromatic N) is 5. The van der Waals surface area contributed by atoms with Gasteiger partial charge in [0, 0.05) is 74.3 Å². The number of carbonyl (C=O) groups excluding carboxylic acids is 2. The molecule has 3 aromatic rings. The number of urea groups is 1. The first-order valence-corrected chi connectivity index (χ1v) is 10.9. The van der Waals surface area contributed by atoms with Gasteiger partial charge in [-0.25, -0.2) is 4.79 Å². The molecule has 3 amide bonds. The van der Waals surface area contributed by atoms with Crippen LogP contribution in [0.1, 0.15) is 10.4 Å². The highest BCUT2D eigenvalue weighted by Gasteiger charge is 2.25. The van der Waals surface area contributed by atoms with Crippen molar-refractivity contribution in [3.63, 3.8) is 0 Å². The van der Waals surface area contributed by atoms with Crippen molar-refractivity contribution in [1.29, 1.82) is 0 Å². The van der Waals surface area contributed by atoms with Crippen LogP contribution in [0.3, 0.4) is 0 Å². The van der Waals surface area contributed by atoms with E-state index in [4.69, 9.17) is 0 Å². The number of hydrogen-bond donors (Lipinski definition) is 1. The molecule has 2 heterocycles. The third-order valence-electron chi connectivity index (χ3n) is 5.80. The summed E-state index contributed by atoms with van der Waals surface area (Å²) in [5.41, 5.74) is 1.86. The van der Waals surface area contributed by atoms with E-state index in [9.17, 15) is 24.1 Å². The van der Waals surface area contributed by atoms with E-state index >= 15 is 0 Å². The highest BCUT2D eigenvalue weighted by atomic mass is 19.1. The normalized spacial score (nSPS) is 13.3. The number of nitro benzene ring substituents is 1. The minimum absolute atomic E-state index is 0.124. The third kappa shape index (κ3) is 5.35. The largest absolute Gasteiger partial charge is 0.345 e. The lowest BCUT2D eigenvalue weighted by molar-refractivity contribution is -0.387. The molecular weight excluding hydrogens is 455 g/mol. The summed E-state index contributed by atoms with van der Waals surface area (Å²) in [6.07, 6.45) is 3.43. The molecule has 2 aromatic carbocycles. The molecule has 35 heavy (non-hydrogen) atoms. The first kappa shape index (κ1) is 23.6. The van der Waals surface area contributed by atoms with Crippen LogP contribution in [0, 0.1) is 15.9 Å². The van der Waals surface area contributed by atoms with Gasteiger partial charge < -0.3 is 20.0 Å². The number of halogens is 1. The predicted molar refractivity (Wildman–Crippen MR) is 128 cm³/mol. The Morgan fingerprint density at radius 1 is 0.971 bits per heavy atom. The number of benzene rings is 2. The van der Waals surface area contributed by atoms with E-state index in [2.05, 4.69) is 10.3 Å². The van der Waals surface area contributed by atoms with Crippen molar-refractivity contribution in [3.8, 4) is 0 Å². The molecule has 11 heteroatoms. The quantitative estimate of drug-likeness (QED) is 0.440. The Labute approximate surface area is 200 Å². The predicted octanol–water partition coefficient (Wildman–Crippen LogP) is 3.89. The molecule has 1 fully saturated rings. The fourth-order valence-electron chi connectivity index (χ4n) is 3.77. The standard InChI is InChI=1S/C24H23FN6O4/c1-28(20-8-10-26-11-9-20)19-5-2-17(3-6-19)23(32)29-12-14-30(15-13-29)24(33)27-18-4-7-21(25)22(16-18)31(34)35/h2-11,16H,12-15H2,1H3,(H,27,33). The van der Waals surface area contributed by atoms with Crippen molar-refractivity contribution in [3.05, 3.63) is 88.5 Å². The van der Waals surface area contributed by atoms with Gasteiger partial charge in [0.25, 0.3) is 5.91 Å². The summed E-state index contributed by atoms with van der Waals surface area (Å²) in [6.45, 7) is 1.27. The van der Waals surface area contributed by atoms with Gasteiger partial charge in [-0.2, -0.15) is 4.39 Å². The molecule has 1 aliphatic heterocycles. The van der Waals surface area contributed by atoms with Crippen LogP contribution in [0.25, 0.3) is 0 Å². The van der Waals surface area contributed by atoms with Gasteiger partial charge in [-0.3, -0.25) is 19.9 Å². The van der Waals surface area contributed by atoms with Gasteiger partial charge in [0.1, 0.15) is 0 Å². The maximum Gasteiger partial charge on any atom is 0.321 e. The van der Waals surface area contributed by atoms with E-state index in [0.29, 0.717) is 31.7 Å². The maximum absolute atomic E-state index is 13.5. The van der Waals surface area contributed by atoms with Gasteiger partial charge in [0.05, 0.1) is 4.92 Å². The number of pyridine rings is 1. The molecule has 1 aliphatic rings. The summed E-state index contributed by atoms with van der Waals surface area (Å²) >= 11 is 0. The van der Waals surface area contributed by atoms with Crippen LogP contribution in [0.5, 0.6) is 0 Å². The van der Waals surface area contributed by atoms with Crippen molar-refractivity contribution in [2.75, 3.05) is 43.4 Å². The fourth-order valence-corrected chi connectivity index (χ4v) is 3.77. The van der Waals surface area contributed by atoms with Crippen LogP contribution < -0.4 is 10.2 Å². The van der Waals surface area contributed by atoms with Crippen LogP contribution >= 0.6 is 0 Å². The molecular formula is C24H23FN6O4. The molecule has 180 valence electrons. The number of nitrogens with one attached hydrogen (secondary N) is 1. The van der Waals surface area contributed by atoms with Crippen LogP contribution in [0.4, 0.5) is 31.9 Å². The van der Waals surface area contributed by atoms with E-state index < -0.39 is 22.5 Å².